The van der Waals surface area contributed by atoms with Gasteiger partial charge in [0, 0.05) is 13.1 Å². The molecule has 1 fully saturated rings. The fraction of sp³-hybridized carbons (Fsp3) is 0.500. The quantitative estimate of drug-likeness (QED) is 0.871. The summed E-state index contributed by atoms with van der Waals surface area (Å²) >= 11 is 0. The first-order valence-electron chi connectivity index (χ1n) is 5.97. The van der Waals surface area contributed by atoms with Crippen LogP contribution in [-0.2, 0) is 4.74 Å². The van der Waals surface area contributed by atoms with Crippen LogP contribution in [0, 0.1) is 13.8 Å². The van der Waals surface area contributed by atoms with Crippen LogP contribution < -0.4 is 5.32 Å². The zero-order chi connectivity index (χ0) is 12.5. The lowest BCUT2D eigenvalue weighted by Gasteiger charge is -2.20. The fourth-order valence-electron chi connectivity index (χ4n) is 2.05. The second kappa shape index (κ2) is 4.55. The van der Waals surface area contributed by atoms with Crippen LogP contribution in [0.2, 0.25) is 0 Å². The van der Waals surface area contributed by atoms with E-state index in [1.807, 2.05) is 19.9 Å². The Balaban J connectivity index is 1.86. The summed E-state index contributed by atoms with van der Waals surface area (Å²) in [6, 6.07) is 1.90. The van der Waals surface area contributed by atoms with Crippen LogP contribution in [0.15, 0.2) is 15.0 Å². The molecule has 1 unspecified atom stereocenters. The van der Waals surface area contributed by atoms with Crippen molar-refractivity contribution in [2.24, 2.45) is 0 Å². The minimum absolute atomic E-state index is 0.135. The largest absolute Gasteiger partial charge is 0.466 e. The molecule has 2 aromatic heterocycles. The van der Waals surface area contributed by atoms with Crippen molar-refractivity contribution < 1.29 is 13.7 Å². The maximum Gasteiger partial charge on any atom is 0.261 e. The van der Waals surface area contributed by atoms with E-state index in [2.05, 4.69) is 15.5 Å². The normalized spacial score (nSPS) is 20.2. The molecule has 3 heterocycles. The van der Waals surface area contributed by atoms with E-state index in [4.69, 9.17) is 13.7 Å². The van der Waals surface area contributed by atoms with E-state index in [0.29, 0.717) is 24.9 Å². The Labute approximate surface area is 104 Å². The summed E-state index contributed by atoms with van der Waals surface area (Å²) in [5.41, 5.74) is 0.843. The fourth-order valence-corrected chi connectivity index (χ4v) is 2.05. The molecule has 1 aliphatic heterocycles. The standard InChI is InChI=1S/C12H15N3O3/c1-7-5-9(8(2)17-7)12-14-11(15-18-12)10-6-13-3-4-16-10/h5,10,13H,3-4,6H2,1-2H3. The van der Waals surface area contributed by atoms with Gasteiger partial charge in [0.05, 0.1) is 12.2 Å². The number of nitrogens with one attached hydrogen (secondary N) is 1. The molecule has 0 saturated carbocycles. The minimum Gasteiger partial charge on any atom is -0.466 e. The molecule has 6 nitrogen and oxygen atoms in total. The highest BCUT2D eigenvalue weighted by Gasteiger charge is 2.23. The van der Waals surface area contributed by atoms with Gasteiger partial charge in [0.2, 0.25) is 5.82 Å². The molecule has 1 atom stereocenters. The van der Waals surface area contributed by atoms with E-state index in [9.17, 15) is 0 Å². The van der Waals surface area contributed by atoms with Crippen LogP contribution in [-0.4, -0.2) is 29.8 Å². The van der Waals surface area contributed by atoms with Gasteiger partial charge in [-0.2, -0.15) is 4.98 Å². The zero-order valence-electron chi connectivity index (χ0n) is 10.4. The molecule has 0 spiro atoms. The third kappa shape index (κ3) is 2.04. The Morgan fingerprint density at radius 1 is 1.39 bits per heavy atom. The number of nitrogens with zero attached hydrogens (tertiary/aromatic N) is 2. The number of hydrogen-bond donors (Lipinski definition) is 1. The van der Waals surface area contributed by atoms with Gasteiger partial charge >= 0.3 is 0 Å². The van der Waals surface area contributed by atoms with Gasteiger partial charge in [-0.15, -0.1) is 0 Å². The van der Waals surface area contributed by atoms with Gasteiger partial charge in [-0.3, -0.25) is 0 Å². The number of hydrogen-bond acceptors (Lipinski definition) is 6. The molecule has 96 valence electrons. The van der Waals surface area contributed by atoms with Gasteiger partial charge < -0.3 is 19.0 Å². The van der Waals surface area contributed by atoms with Crippen LogP contribution in [0.25, 0.3) is 11.5 Å². The Bertz CT molecular complexity index is 541. The predicted octanol–water partition coefficient (Wildman–Crippen LogP) is 1.61. The van der Waals surface area contributed by atoms with Crippen LogP contribution in [0.1, 0.15) is 23.4 Å². The van der Waals surface area contributed by atoms with Gasteiger partial charge in [-0.25, -0.2) is 0 Å². The first kappa shape index (κ1) is 11.4. The van der Waals surface area contributed by atoms with E-state index in [1.165, 1.54) is 0 Å². The molecule has 1 saturated heterocycles. The summed E-state index contributed by atoms with van der Waals surface area (Å²) in [4.78, 5) is 4.38. The number of aromatic nitrogens is 2. The van der Waals surface area contributed by atoms with Crippen LogP contribution in [0.5, 0.6) is 0 Å². The van der Waals surface area contributed by atoms with Gasteiger partial charge in [-0.1, -0.05) is 5.16 Å². The smallest absolute Gasteiger partial charge is 0.261 e. The highest BCUT2D eigenvalue weighted by Crippen LogP contribution is 2.26. The first-order valence-corrected chi connectivity index (χ1v) is 5.97. The lowest BCUT2D eigenvalue weighted by molar-refractivity contribution is 0.0208. The van der Waals surface area contributed by atoms with E-state index in [0.717, 1.165) is 23.6 Å². The molecular formula is C12H15N3O3. The lowest BCUT2D eigenvalue weighted by Crippen LogP contribution is -2.33. The summed E-state index contributed by atoms with van der Waals surface area (Å²) in [5.74, 6) is 2.67. The molecule has 2 aromatic rings. The number of ether oxygens (including phenoxy) is 1. The molecule has 0 bridgehead atoms. The molecule has 6 heteroatoms. The average Bonchev–Trinajstić information content (AvgIpc) is 2.97. The van der Waals surface area contributed by atoms with Crippen molar-refractivity contribution in [2.75, 3.05) is 19.7 Å². The minimum atomic E-state index is -0.135. The predicted molar refractivity (Wildman–Crippen MR) is 63.0 cm³/mol. The summed E-state index contributed by atoms with van der Waals surface area (Å²) in [5, 5.41) is 7.21. The number of aryl methyl sites for hydroxylation is 2. The van der Waals surface area contributed by atoms with Crippen LogP contribution in [0.4, 0.5) is 0 Å². The van der Waals surface area contributed by atoms with E-state index >= 15 is 0 Å². The van der Waals surface area contributed by atoms with E-state index in [1.54, 1.807) is 0 Å². The lowest BCUT2D eigenvalue weighted by atomic mass is 10.2. The first-order chi connectivity index (χ1) is 8.74. The van der Waals surface area contributed by atoms with Crippen LogP contribution >= 0.6 is 0 Å². The molecule has 1 aliphatic rings. The van der Waals surface area contributed by atoms with Crippen molar-refractivity contribution in [3.63, 3.8) is 0 Å². The SMILES string of the molecule is Cc1cc(-c2nc(C3CNCCO3)no2)c(C)o1. The molecule has 0 radical (unpaired) electrons. The zero-order valence-corrected chi connectivity index (χ0v) is 10.4. The van der Waals surface area contributed by atoms with Crippen molar-refractivity contribution in [3.05, 3.63) is 23.4 Å². The Morgan fingerprint density at radius 2 is 2.28 bits per heavy atom. The van der Waals surface area contributed by atoms with Crippen molar-refractivity contribution in [1.82, 2.24) is 15.5 Å². The third-order valence-corrected chi connectivity index (χ3v) is 2.93. The number of morpholine rings is 1. The molecule has 18 heavy (non-hydrogen) atoms. The van der Waals surface area contributed by atoms with Gasteiger partial charge in [-0.05, 0) is 19.9 Å². The van der Waals surface area contributed by atoms with E-state index < -0.39 is 0 Å². The van der Waals surface area contributed by atoms with Crippen molar-refractivity contribution >= 4 is 0 Å². The van der Waals surface area contributed by atoms with Gasteiger partial charge in [0.25, 0.3) is 5.89 Å². The number of furan rings is 1. The monoisotopic (exact) mass is 249 g/mol. The highest BCUT2D eigenvalue weighted by molar-refractivity contribution is 5.56. The topological polar surface area (TPSA) is 73.3 Å². The molecule has 0 aliphatic carbocycles. The Hall–Kier alpha value is -1.66. The van der Waals surface area contributed by atoms with Gasteiger partial charge in [0.15, 0.2) is 0 Å². The van der Waals surface area contributed by atoms with Crippen molar-refractivity contribution in [2.45, 2.75) is 20.0 Å². The maximum absolute atomic E-state index is 5.58. The Morgan fingerprint density at radius 3 is 2.94 bits per heavy atom. The third-order valence-electron chi connectivity index (χ3n) is 2.93. The molecule has 1 N–H and O–H groups in total. The second-order valence-electron chi connectivity index (χ2n) is 4.35. The Kier molecular flexibility index (Phi) is 2.89. The van der Waals surface area contributed by atoms with Crippen molar-refractivity contribution in [3.8, 4) is 11.5 Å². The average molecular weight is 249 g/mol. The summed E-state index contributed by atoms with van der Waals surface area (Å²) in [6.07, 6.45) is -0.135. The highest BCUT2D eigenvalue weighted by atomic mass is 16.5. The summed E-state index contributed by atoms with van der Waals surface area (Å²) < 4.78 is 16.3. The molecule has 3 rings (SSSR count). The second-order valence-corrected chi connectivity index (χ2v) is 4.35. The van der Waals surface area contributed by atoms with Crippen LogP contribution in [0.3, 0.4) is 0 Å². The molecule has 0 amide bonds. The molecular weight excluding hydrogens is 234 g/mol. The molecule has 0 aromatic carbocycles. The van der Waals surface area contributed by atoms with Crippen molar-refractivity contribution in [1.29, 1.82) is 0 Å². The summed E-state index contributed by atoms with van der Waals surface area (Å²) in [6.45, 7) is 6.01. The maximum atomic E-state index is 5.58. The van der Waals surface area contributed by atoms with E-state index in [-0.39, 0.29) is 6.10 Å². The van der Waals surface area contributed by atoms with Gasteiger partial charge in [0.1, 0.15) is 17.6 Å². The summed E-state index contributed by atoms with van der Waals surface area (Å²) in [7, 11) is 0. The number of rotatable bonds is 2.